The minimum absolute atomic E-state index is 0.264. The molecule has 25 heavy (non-hydrogen) atoms. The number of para-hydroxylation sites is 2. The number of nitrogens with two attached hydrogens (primary N) is 2. The third kappa shape index (κ3) is 3.92. The number of nitrogens with one attached hydrogen (secondary N) is 1. The molecule has 0 aliphatic rings. The summed E-state index contributed by atoms with van der Waals surface area (Å²) in [6.45, 7) is 0. The summed E-state index contributed by atoms with van der Waals surface area (Å²) in [6.07, 6.45) is 0. The predicted molar refractivity (Wildman–Crippen MR) is 104 cm³/mol. The highest BCUT2D eigenvalue weighted by Gasteiger charge is 2.13. The van der Waals surface area contributed by atoms with Gasteiger partial charge in [-0.2, -0.15) is 0 Å². The SMILES string of the molecule is Nc1cccc(C(=O)Nc2ccc(Oc3ccccc3)cc2Br)c1N. The van der Waals surface area contributed by atoms with Crippen molar-refractivity contribution in [3.05, 3.63) is 76.8 Å². The molecule has 126 valence electrons. The van der Waals surface area contributed by atoms with E-state index in [1.165, 1.54) is 0 Å². The summed E-state index contributed by atoms with van der Waals surface area (Å²) in [6, 6.07) is 19.7. The molecule has 3 aromatic carbocycles. The van der Waals surface area contributed by atoms with Crippen LogP contribution in [0.15, 0.2) is 71.2 Å². The topological polar surface area (TPSA) is 90.4 Å². The fraction of sp³-hybridized carbons (Fsp3) is 0. The van der Waals surface area contributed by atoms with E-state index in [-0.39, 0.29) is 11.6 Å². The van der Waals surface area contributed by atoms with Gasteiger partial charge in [-0.15, -0.1) is 0 Å². The number of hydrogen-bond donors (Lipinski definition) is 3. The molecule has 5 N–H and O–H groups in total. The van der Waals surface area contributed by atoms with Crippen LogP contribution in [-0.4, -0.2) is 5.91 Å². The first-order valence-electron chi connectivity index (χ1n) is 7.52. The van der Waals surface area contributed by atoms with Crippen LogP contribution < -0.4 is 21.5 Å². The second-order valence-electron chi connectivity index (χ2n) is 5.32. The molecule has 0 bridgehead atoms. The standard InChI is InChI=1S/C19H16BrN3O2/c20-15-11-13(25-12-5-2-1-3-6-12)9-10-17(15)23-19(24)14-7-4-8-16(21)18(14)22/h1-11H,21-22H2,(H,23,24). The van der Waals surface area contributed by atoms with Gasteiger partial charge in [0.25, 0.3) is 5.91 Å². The van der Waals surface area contributed by atoms with Gasteiger partial charge < -0.3 is 21.5 Å². The maximum Gasteiger partial charge on any atom is 0.257 e. The van der Waals surface area contributed by atoms with Gasteiger partial charge in [0.2, 0.25) is 0 Å². The van der Waals surface area contributed by atoms with Gasteiger partial charge in [-0.3, -0.25) is 4.79 Å². The molecule has 0 aromatic heterocycles. The van der Waals surface area contributed by atoms with Gasteiger partial charge in [0.05, 0.1) is 22.6 Å². The molecule has 0 spiro atoms. The first-order chi connectivity index (χ1) is 12.0. The van der Waals surface area contributed by atoms with Crippen LogP contribution in [0.25, 0.3) is 0 Å². The van der Waals surface area contributed by atoms with Crippen molar-refractivity contribution in [1.29, 1.82) is 0 Å². The minimum atomic E-state index is -0.331. The van der Waals surface area contributed by atoms with Crippen LogP contribution in [0, 0.1) is 0 Å². The zero-order chi connectivity index (χ0) is 17.8. The maximum absolute atomic E-state index is 12.4. The quantitative estimate of drug-likeness (QED) is 0.558. The number of amides is 1. The van der Waals surface area contributed by atoms with Crippen LogP contribution in [0.5, 0.6) is 11.5 Å². The first-order valence-corrected chi connectivity index (χ1v) is 8.31. The Labute approximate surface area is 153 Å². The molecule has 6 heteroatoms. The zero-order valence-corrected chi connectivity index (χ0v) is 14.8. The summed E-state index contributed by atoms with van der Waals surface area (Å²) < 4.78 is 6.45. The smallest absolute Gasteiger partial charge is 0.257 e. The Morgan fingerprint density at radius 3 is 2.40 bits per heavy atom. The molecule has 0 unspecified atom stereocenters. The van der Waals surface area contributed by atoms with Gasteiger partial charge >= 0.3 is 0 Å². The van der Waals surface area contributed by atoms with Gasteiger partial charge in [0.15, 0.2) is 0 Å². The lowest BCUT2D eigenvalue weighted by molar-refractivity contribution is 0.102. The van der Waals surface area contributed by atoms with E-state index in [9.17, 15) is 4.79 Å². The van der Waals surface area contributed by atoms with E-state index < -0.39 is 0 Å². The molecule has 0 aliphatic heterocycles. The Bertz CT molecular complexity index is 914. The van der Waals surface area contributed by atoms with Crippen molar-refractivity contribution in [1.82, 2.24) is 0 Å². The largest absolute Gasteiger partial charge is 0.457 e. The molecular formula is C19H16BrN3O2. The molecule has 5 nitrogen and oxygen atoms in total. The van der Waals surface area contributed by atoms with Crippen LogP contribution >= 0.6 is 15.9 Å². The van der Waals surface area contributed by atoms with Crippen LogP contribution in [0.1, 0.15) is 10.4 Å². The van der Waals surface area contributed by atoms with E-state index in [2.05, 4.69) is 21.2 Å². The monoisotopic (exact) mass is 397 g/mol. The molecular weight excluding hydrogens is 382 g/mol. The Morgan fingerprint density at radius 2 is 1.68 bits per heavy atom. The van der Waals surface area contributed by atoms with E-state index in [0.717, 1.165) is 5.75 Å². The molecule has 0 radical (unpaired) electrons. The summed E-state index contributed by atoms with van der Waals surface area (Å²) in [7, 11) is 0. The van der Waals surface area contributed by atoms with Crippen molar-refractivity contribution in [3.8, 4) is 11.5 Å². The Hall–Kier alpha value is -2.99. The summed E-state index contributed by atoms with van der Waals surface area (Å²) in [4.78, 5) is 12.4. The van der Waals surface area contributed by atoms with Crippen molar-refractivity contribution in [2.24, 2.45) is 0 Å². The van der Waals surface area contributed by atoms with E-state index >= 15 is 0 Å². The third-order valence-electron chi connectivity index (χ3n) is 3.55. The summed E-state index contributed by atoms with van der Waals surface area (Å²) in [5, 5.41) is 2.81. The molecule has 0 fully saturated rings. The van der Waals surface area contributed by atoms with E-state index in [0.29, 0.717) is 27.2 Å². The Kier molecular flexibility index (Phi) is 4.90. The number of carbonyl (C=O) groups is 1. The molecule has 0 aliphatic carbocycles. The van der Waals surface area contributed by atoms with Crippen molar-refractivity contribution in [2.75, 3.05) is 16.8 Å². The van der Waals surface area contributed by atoms with E-state index in [4.69, 9.17) is 16.2 Å². The van der Waals surface area contributed by atoms with Crippen LogP contribution in [-0.2, 0) is 0 Å². The number of ether oxygens (including phenoxy) is 1. The lowest BCUT2D eigenvalue weighted by atomic mass is 10.1. The zero-order valence-electron chi connectivity index (χ0n) is 13.2. The second-order valence-corrected chi connectivity index (χ2v) is 6.17. The first kappa shape index (κ1) is 16.9. The number of halogens is 1. The number of benzene rings is 3. The third-order valence-corrected chi connectivity index (χ3v) is 4.21. The highest BCUT2D eigenvalue weighted by molar-refractivity contribution is 9.10. The number of anilines is 3. The minimum Gasteiger partial charge on any atom is -0.457 e. The summed E-state index contributed by atoms with van der Waals surface area (Å²) >= 11 is 3.44. The van der Waals surface area contributed by atoms with Gasteiger partial charge in [-0.1, -0.05) is 24.3 Å². The highest BCUT2D eigenvalue weighted by atomic mass is 79.9. The average molecular weight is 398 g/mol. The molecule has 0 saturated carbocycles. The van der Waals surface area contributed by atoms with Gasteiger partial charge in [-0.05, 0) is 58.4 Å². The van der Waals surface area contributed by atoms with Gasteiger partial charge in [0, 0.05) is 4.47 Å². The molecule has 1 amide bonds. The van der Waals surface area contributed by atoms with Gasteiger partial charge in [-0.25, -0.2) is 0 Å². The van der Waals surface area contributed by atoms with Crippen LogP contribution in [0.2, 0.25) is 0 Å². The van der Waals surface area contributed by atoms with Crippen LogP contribution in [0.4, 0.5) is 17.1 Å². The lowest BCUT2D eigenvalue weighted by Crippen LogP contribution is -2.15. The molecule has 0 saturated heterocycles. The molecule has 3 rings (SSSR count). The normalized spacial score (nSPS) is 10.3. The highest BCUT2D eigenvalue weighted by Crippen LogP contribution is 2.31. The fourth-order valence-electron chi connectivity index (χ4n) is 2.26. The number of rotatable bonds is 4. The maximum atomic E-state index is 12.4. The second kappa shape index (κ2) is 7.27. The van der Waals surface area contributed by atoms with E-state index in [1.807, 2.05) is 30.3 Å². The van der Waals surface area contributed by atoms with E-state index in [1.54, 1.807) is 36.4 Å². The van der Waals surface area contributed by atoms with Crippen molar-refractivity contribution in [3.63, 3.8) is 0 Å². The Morgan fingerprint density at radius 1 is 0.920 bits per heavy atom. The van der Waals surface area contributed by atoms with Crippen molar-refractivity contribution in [2.45, 2.75) is 0 Å². The Balaban J connectivity index is 1.77. The molecule has 3 aromatic rings. The lowest BCUT2D eigenvalue weighted by Gasteiger charge is -2.12. The number of hydrogen-bond acceptors (Lipinski definition) is 4. The van der Waals surface area contributed by atoms with Crippen LogP contribution in [0.3, 0.4) is 0 Å². The summed E-state index contributed by atoms with van der Waals surface area (Å²) in [5.41, 5.74) is 13.2. The van der Waals surface area contributed by atoms with Crippen molar-refractivity contribution >= 4 is 38.9 Å². The van der Waals surface area contributed by atoms with Crippen molar-refractivity contribution < 1.29 is 9.53 Å². The summed E-state index contributed by atoms with van der Waals surface area (Å²) in [5.74, 6) is 1.06. The fourth-order valence-corrected chi connectivity index (χ4v) is 2.71. The number of carbonyl (C=O) groups excluding carboxylic acids is 1. The average Bonchev–Trinajstić information content (AvgIpc) is 2.60. The predicted octanol–water partition coefficient (Wildman–Crippen LogP) is 4.66. The molecule has 0 atom stereocenters. The molecule has 0 heterocycles. The van der Waals surface area contributed by atoms with Gasteiger partial charge in [0.1, 0.15) is 11.5 Å². The number of nitrogen functional groups attached to an aromatic ring is 2.